The van der Waals surface area contributed by atoms with E-state index in [2.05, 4.69) is 34.6 Å². The van der Waals surface area contributed by atoms with Gasteiger partial charge in [0.2, 0.25) is 11.7 Å². The Labute approximate surface area is 267 Å². The van der Waals surface area contributed by atoms with Crippen LogP contribution in [0.2, 0.25) is 5.02 Å². The van der Waals surface area contributed by atoms with Crippen LogP contribution in [0, 0.1) is 5.92 Å². The second-order valence-corrected chi connectivity index (χ2v) is 12.2. The summed E-state index contributed by atoms with van der Waals surface area (Å²) in [5.41, 5.74) is 3.20. The van der Waals surface area contributed by atoms with Crippen LogP contribution in [0.4, 0.5) is 13.2 Å². The van der Waals surface area contributed by atoms with Crippen LogP contribution in [-0.4, -0.2) is 72.0 Å². The lowest BCUT2D eigenvalue weighted by Gasteiger charge is -2.31. The highest BCUT2D eigenvalue weighted by Crippen LogP contribution is 2.30. The maximum absolute atomic E-state index is 13.1. The maximum Gasteiger partial charge on any atom is 0.451 e. The zero-order valence-corrected chi connectivity index (χ0v) is 25.6. The molecule has 0 spiro atoms. The zero-order chi connectivity index (χ0) is 31.7. The normalized spacial score (nSPS) is 18.0. The number of aromatic amines is 1. The summed E-state index contributed by atoms with van der Waals surface area (Å²) in [4.78, 5) is 18.6. The summed E-state index contributed by atoms with van der Waals surface area (Å²) in [5, 5.41) is 7.68. The summed E-state index contributed by atoms with van der Waals surface area (Å²) in [6, 6.07) is 14.9. The Morgan fingerprint density at radius 3 is 2.57 bits per heavy atom. The standard InChI is InChI=1S/C32H32ClF3N8O2/c33-23-4-1-20(2-5-23)15-27-37-11-7-29(39-27)46-24-8-12-43(13-9-24)18-28-38-25-16-22(30-40-31(42-41-30)32(34,35)36)3-6-26(25)44(28)17-21-10-14-45-19-21/h1-7,11,16,21,24H,8-10,12-15,17-19H2,(H,40,41,42)/t21-/m1/s1. The van der Waals surface area contributed by atoms with E-state index < -0.39 is 12.0 Å². The first-order valence-electron chi connectivity index (χ1n) is 15.3. The van der Waals surface area contributed by atoms with Gasteiger partial charge in [-0.2, -0.15) is 18.2 Å². The van der Waals surface area contributed by atoms with E-state index in [1.54, 1.807) is 24.4 Å². The van der Waals surface area contributed by atoms with Gasteiger partial charge in [-0.15, -0.1) is 10.2 Å². The Balaban J connectivity index is 1.03. The number of H-pyrrole nitrogens is 1. The zero-order valence-electron chi connectivity index (χ0n) is 24.9. The average molecular weight is 653 g/mol. The fourth-order valence-electron chi connectivity index (χ4n) is 6.03. The van der Waals surface area contributed by atoms with Gasteiger partial charge in [0, 0.05) is 61.4 Å². The number of imidazole rings is 1. The Kier molecular flexibility index (Phi) is 8.62. The molecule has 10 nitrogen and oxygen atoms in total. The Bertz CT molecular complexity index is 1800. The van der Waals surface area contributed by atoms with Gasteiger partial charge in [-0.3, -0.25) is 4.90 Å². The quantitative estimate of drug-likeness (QED) is 0.208. The molecule has 5 aromatic rings. The van der Waals surface area contributed by atoms with Crippen LogP contribution in [0.5, 0.6) is 5.88 Å². The molecule has 2 saturated heterocycles. The van der Waals surface area contributed by atoms with Crippen molar-refractivity contribution in [3.63, 3.8) is 0 Å². The second kappa shape index (κ2) is 13.0. The molecule has 2 aromatic carbocycles. The average Bonchev–Trinajstić information content (AvgIpc) is 3.81. The molecule has 1 atom stereocenters. The SMILES string of the molecule is FC(F)(F)c1nnc(-c2ccc3c(c2)nc(CN2CCC(Oc4ccnc(Cc5ccc(Cl)cc5)n4)CC2)n3C[C@H]2CCOC2)[nH]1. The highest BCUT2D eigenvalue weighted by atomic mass is 35.5. The monoisotopic (exact) mass is 652 g/mol. The van der Waals surface area contributed by atoms with Gasteiger partial charge in [-0.1, -0.05) is 23.7 Å². The predicted octanol–water partition coefficient (Wildman–Crippen LogP) is 5.95. The van der Waals surface area contributed by atoms with E-state index in [9.17, 15) is 13.2 Å². The molecule has 0 aliphatic carbocycles. The summed E-state index contributed by atoms with van der Waals surface area (Å²) < 4.78 is 53.4. The summed E-state index contributed by atoms with van der Waals surface area (Å²) >= 11 is 6.01. The number of fused-ring (bicyclic) bond motifs is 1. The predicted molar refractivity (Wildman–Crippen MR) is 164 cm³/mol. The first-order valence-corrected chi connectivity index (χ1v) is 15.7. The van der Waals surface area contributed by atoms with Crippen molar-refractivity contribution < 1.29 is 22.6 Å². The summed E-state index contributed by atoms with van der Waals surface area (Å²) in [6.45, 7) is 4.50. The van der Waals surface area contributed by atoms with Crippen LogP contribution in [0.3, 0.4) is 0 Å². The lowest BCUT2D eigenvalue weighted by molar-refractivity contribution is -0.144. The van der Waals surface area contributed by atoms with Gasteiger partial charge in [0.1, 0.15) is 17.8 Å². The van der Waals surface area contributed by atoms with Crippen molar-refractivity contribution in [2.45, 2.75) is 51.1 Å². The molecule has 14 heteroatoms. The molecular weight excluding hydrogens is 621 g/mol. The number of ether oxygens (including phenoxy) is 2. The molecule has 0 unspecified atom stereocenters. The number of hydrogen-bond acceptors (Lipinski definition) is 8. The van der Waals surface area contributed by atoms with E-state index in [0.29, 0.717) is 53.3 Å². The Hall–Kier alpha value is -4.07. The Morgan fingerprint density at radius 2 is 1.83 bits per heavy atom. The molecular formula is C32H32ClF3N8O2. The van der Waals surface area contributed by atoms with Gasteiger partial charge >= 0.3 is 6.18 Å². The number of benzene rings is 2. The number of nitrogens with zero attached hydrogens (tertiary/aromatic N) is 7. The van der Waals surface area contributed by atoms with E-state index in [0.717, 1.165) is 62.4 Å². The molecule has 2 aliphatic heterocycles. The maximum atomic E-state index is 13.1. The number of halogens is 4. The van der Waals surface area contributed by atoms with Crippen molar-refractivity contribution in [1.29, 1.82) is 0 Å². The van der Waals surface area contributed by atoms with Crippen LogP contribution in [0.25, 0.3) is 22.4 Å². The van der Waals surface area contributed by atoms with E-state index >= 15 is 0 Å². The molecule has 0 saturated carbocycles. The molecule has 7 rings (SSSR count). The minimum Gasteiger partial charge on any atom is -0.474 e. The van der Waals surface area contributed by atoms with Crippen molar-refractivity contribution in [2.75, 3.05) is 26.3 Å². The van der Waals surface area contributed by atoms with Crippen molar-refractivity contribution >= 4 is 22.6 Å². The first kappa shape index (κ1) is 30.6. The largest absolute Gasteiger partial charge is 0.474 e. The molecule has 2 aliphatic rings. The number of aromatic nitrogens is 7. The molecule has 1 N–H and O–H groups in total. The molecule has 0 amide bonds. The van der Waals surface area contributed by atoms with Gasteiger partial charge in [0.15, 0.2) is 5.82 Å². The van der Waals surface area contributed by atoms with Crippen molar-refractivity contribution in [1.82, 2.24) is 39.6 Å². The third-order valence-electron chi connectivity index (χ3n) is 8.46. The lowest BCUT2D eigenvalue weighted by atomic mass is 10.1. The second-order valence-electron chi connectivity index (χ2n) is 11.8. The number of alkyl halides is 3. The third kappa shape index (κ3) is 7.01. The van der Waals surface area contributed by atoms with Gasteiger partial charge in [0.25, 0.3) is 0 Å². The van der Waals surface area contributed by atoms with E-state index in [-0.39, 0.29) is 11.9 Å². The molecule has 240 valence electrons. The molecule has 0 radical (unpaired) electrons. The molecule has 2 fully saturated rings. The van der Waals surface area contributed by atoms with Gasteiger partial charge in [-0.25, -0.2) is 9.97 Å². The number of piperidine rings is 1. The van der Waals surface area contributed by atoms with Crippen molar-refractivity contribution in [3.05, 3.63) is 82.8 Å². The van der Waals surface area contributed by atoms with Crippen LogP contribution in [0.15, 0.2) is 54.7 Å². The topological polar surface area (TPSA) is 107 Å². The summed E-state index contributed by atoms with van der Waals surface area (Å²) in [7, 11) is 0. The van der Waals surface area contributed by atoms with Crippen LogP contribution in [-0.2, 0) is 30.4 Å². The molecule has 0 bridgehead atoms. The first-order chi connectivity index (χ1) is 22.3. The highest BCUT2D eigenvalue weighted by molar-refractivity contribution is 6.30. The van der Waals surface area contributed by atoms with E-state index in [1.165, 1.54) is 0 Å². The van der Waals surface area contributed by atoms with Crippen molar-refractivity contribution in [3.8, 4) is 17.3 Å². The minimum absolute atomic E-state index is 0.0371. The number of rotatable bonds is 9. The van der Waals surface area contributed by atoms with Gasteiger partial charge < -0.3 is 19.0 Å². The van der Waals surface area contributed by atoms with Crippen LogP contribution >= 0.6 is 11.6 Å². The van der Waals surface area contributed by atoms with E-state index in [1.807, 2.05) is 30.3 Å². The number of hydrogen-bond donors (Lipinski definition) is 1. The summed E-state index contributed by atoms with van der Waals surface area (Å²) in [6.07, 6.45) is 0.412. The van der Waals surface area contributed by atoms with Crippen molar-refractivity contribution in [2.24, 2.45) is 5.92 Å². The minimum atomic E-state index is -4.60. The van der Waals surface area contributed by atoms with Gasteiger partial charge in [-0.05, 0) is 55.2 Å². The fraction of sp³-hybridized carbons (Fsp3) is 0.406. The van der Waals surface area contributed by atoms with E-state index in [4.69, 9.17) is 26.1 Å². The van der Waals surface area contributed by atoms with Gasteiger partial charge in [0.05, 0.1) is 24.2 Å². The Morgan fingerprint density at radius 1 is 1.00 bits per heavy atom. The third-order valence-corrected chi connectivity index (χ3v) is 8.72. The van der Waals surface area contributed by atoms with Crippen LogP contribution < -0.4 is 4.74 Å². The number of likely N-dealkylation sites (tertiary alicyclic amines) is 1. The smallest absolute Gasteiger partial charge is 0.451 e. The summed E-state index contributed by atoms with van der Waals surface area (Å²) in [5.74, 6) is 1.47. The van der Waals surface area contributed by atoms with Crippen LogP contribution in [0.1, 0.15) is 42.3 Å². The fourth-order valence-corrected chi connectivity index (χ4v) is 6.15. The molecule has 46 heavy (non-hydrogen) atoms. The lowest BCUT2D eigenvalue weighted by Crippen LogP contribution is -2.38. The number of nitrogens with one attached hydrogen (secondary N) is 1. The molecule has 5 heterocycles. The highest BCUT2D eigenvalue weighted by Gasteiger charge is 2.35. The molecule has 3 aromatic heterocycles.